The van der Waals surface area contributed by atoms with Crippen LogP contribution in [0.2, 0.25) is 0 Å². The van der Waals surface area contributed by atoms with Gasteiger partial charge in [0, 0.05) is 33.8 Å². The zero-order valence-corrected chi connectivity index (χ0v) is 16.6. The minimum atomic E-state index is -4.54. The average Bonchev–Trinajstić information content (AvgIpc) is 3.12. The van der Waals surface area contributed by atoms with Crippen molar-refractivity contribution in [1.82, 2.24) is 9.99 Å². The molecule has 0 atom stereocenters. The van der Waals surface area contributed by atoms with Crippen molar-refractivity contribution in [1.29, 1.82) is 0 Å². The van der Waals surface area contributed by atoms with Crippen molar-refractivity contribution < 1.29 is 22.4 Å². The SMILES string of the molecule is O=C(N/N=C\c1cn(Cc2ccccc2F)c2ccccc12)c1cccc(C(F)(F)F)c1. The van der Waals surface area contributed by atoms with Crippen LogP contribution < -0.4 is 5.43 Å². The number of aromatic nitrogens is 1. The molecular weight excluding hydrogens is 422 g/mol. The Morgan fingerprint density at radius 1 is 1.00 bits per heavy atom. The smallest absolute Gasteiger partial charge is 0.342 e. The van der Waals surface area contributed by atoms with Crippen LogP contribution in [-0.2, 0) is 12.7 Å². The van der Waals surface area contributed by atoms with Gasteiger partial charge in [-0.05, 0) is 30.3 Å². The summed E-state index contributed by atoms with van der Waals surface area (Å²) in [5.74, 6) is -1.07. The van der Waals surface area contributed by atoms with E-state index in [4.69, 9.17) is 0 Å². The zero-order valence-electron chi connectivity index (χ0n) is 16.6. The normalized spacial score (nSPS) is 11.9. The number of alkyl halides is 3. The van der Waals surface area contributed by atoms with Gasteiger partial charge in [0.15, 0.2) is 0 Å². The molecule has 0 fully saturated rings. The molecule has 0 unspecified atom stereocenters. The van der Waals surface area contributed by atoms with Crippen LogP contribution in [0.4, 0.5) is 17.6 Å². The van der Waals surface area contributed by atoms with Crippen molar-refractivity contribution in [2.75, 3.05) is 0 Å². The third-order valence-corrected chi connectivity index (χ3v) is 4.94. The Labute approximate surface area is 180 Å². The minimum absolute atomic E-state index is 0.154. The number of benzene rings is 3. The molecule has 1 heterocycles. The van der Waals surface area contributed by atoms with Crippen molar-refractivity contribution in [2.24, 2.45) is 5.10 Å². The van der Waals surface area contributed by atoms with E-state index in [1.165, 1.54) is 18.3 Å². The van der Waals surface area contributed by atoms with Crippen molar-refractivity contribution >= 4 is 23.0 Å². The van der Waals surface area contributed by atoms with Gasteiger partial charge in [0.2, 0.25) is 0 Å². The van der Waals surface area contributed by atoms with E-state index < -0.39 is 17.6 Å². The number of fused-ring (bicyclic) bond motifs is 1. The van der Waals surface area contributed by atoms with Gasteiger partial charge in [-0.3, -0.25) is 4.79 Å². The number of carbonyl (C=O) groups excluding carboxylic acids is 1. The fourth-order valence-electron chi connectivity index (χ4n) is 3.38. The molecule has 0 aliphatic carbocycles. The molecule has 32 heavy (non-hydrogen) atoms. The van der Waals surface area contributed by atoms with E-state index in [0.717, 1.165) is 29.1 Å². The van der Waals surface area contributed by atoms with Gasteiger partial charge in [0.25, 0.3) is 5.91 Å². The van der Waals surface area contributed by atoms with Crippen LogP contribution >= 0.6 is 0 Å². The van der Waals surface area contributed by atoms with E-state index >= 15 is 0 Å². The second-order valence-corrected chi connectivity index (χ2v) is 7.10. The predicted octanol–water partition coefficient (Wildman–Crippen LogP) is 5.61. The lowest BCUT2D eigenvalue weighted by molar-refractivity contribution is -0.137. The van der Waals surface area contributed by atoms with Gasteiger partial charge in [-0.25, -0.2) is 9.82 Å². The third kappa shape index (κ3) is 4.54. The molecule has 0 aliphatic rings. The van der Waals surface area contributed by atoms with Gasteiger partial charge in [-0.2, -0.15) is 18.3 Å². The molecular formula is C24H17F4N3O. The van der Waals surface area contributed by atoms with Gasteiger partial charge >= 0.3 is 6.18 Å². The summed E-state index contributed by atoms with van der Waals surface area (Å²) in [4.78, 5) is 12.2. The number of halogens is 4. The van der Waals surface area contributed by atoms with Gasteiger partial charge in [-0.1, -0.05) is 42.5 Å². The highest BCUT2D eigenvalue weighted by Gasteiger charge is 2.30. The lowest BCUT2D eigenvalue weighted by atomic mass is 10.1. The maximum atomic E-state index is 14.1. The van der Waals surface area contributed by atoms with Crippen LogP contribution in [0.5, 0.6) is 0 Å². The summed E-state index contributed by atoms with van der Waals surface area (Å²) in [5.41, 5.74) is 3.23. The quantitative estimate of drug-likeness (QED) is 0.245. The summed E-state index contributed by atoms with van der Waals surface area (Å²) in [6.07, 6.45) is -1.36. The maximum Gasteiger partial charge on any atom is 0.416 e. The van der Waals surface area contributed by atoms with Gasteiger partial charge in [0.1, 0.15) is 5.82 Å². The van der Waals surface area contributed by atoms with Gasteiger partial charge < -0.3 is 4.57 Å². The molecule has 0 radical (unpaired) electrons. The van der Waals surface area contributed by atoms with Crippen molar-refractivity contribution in [3.8, 4) is 0 Å². The average molecular weight is 439 g/mol. The number of hydrazone groups is 1. The van der Waals surface area contributed by atoms with Crippen molar-refractivity contribution in [3.05, 3.63) is 107 Å². The van der Waals surface area contributed by atoms with E-state index in [9.17, 15) is 22.4 Å². The first-order valence-corrected chi connectivity index (χ1v) is 9.65. The molecule has 4 nitrogen and oxygen atoms in total. The Balaban J connectivity index is 1.56. The number of para-hydroxylation sites is 1. The van der Waals surface area contributed by atoms with E-state index in [1.807, 2.05) is 28.8 Å². The lowest BCUT2D eigenvalue weighted by Crippen LogP contribution is -2.18. The number of carbonyl (C=O) groups is 1. The van der Waals surface area contributed by atoms with Gasteiger partial charge in [0.05, 0.1) is 18.3 Å². The lowest BCUT2D eigenvalue weighted by Gasteiger charge is -2.07. The molecule has 1 N–H and O–H groups in total. The molecule has 0 spiro atoms. The Hall–Kier alpha value is -3.94. The Morgan fingerprint density at radius 3 is 2.53 bits per heavy atom. The Kier molecular flexibility index (Phi) is 5.77. The fraction of sp³-hybridized carbons (Fsp3) is 0.0833. The van der Waals surface area contributed by atoms with Crippen molar-refractivity contribution in [3.63, 3.8) is 0 Å². The second-order valence-electron chi connectivity index (χ2n) is 7.10. The summed E-state index contributed by atoms with van der Waals surface area (Å²) in [6.45, 7) is 0.303. The molecule has 0 saturated carbocycles. The number of hydrogen-bond donors (Lipinski definition) is 1. The third-order valence-electron chi connectivity index (χ3n) is 4.94. The molecule has 0 bridgehead atoms. The topological polar surface area (TPSA) is 46.4 Å². The van der Waals surface area contributed by atoms with Crippen molar-refractivity contribution in [2.45, 2.75) is 12.7 Å². The Morgan fingerprint density at radius 2 is 1.75 bits per heavy atom. The number of nitrogens with zero attached hydrogens (tertiary/aromatic N) is 2. The summed E-state index contributed by atoms with van der Waals surface area (Å²) in [7, 11) is 0. The van der Waals surface area contributed by atoms with Crippen LogP contribution in [0, 0.1) is 5.82 Å². The van der Waals surface area contributed by atoms with Gasteiger partial charge in [-0.15, -0.1) is 0 Å². The standard InChI is InChI=1S/C24H17F4N3O/c25-21-10-3-1-6-17(21)14-31-15-18(20-9-2-4-11-22(20)31)13-29-30-23(32)16-7-5-8-19(12-16)24(26,27)28/h1-13,15H,14H2,(H,30,32)/b29-13-. The first kappa shape index (κ1) is 21.3. The molecule has 1 aromatic heterocycles. The molecule has 8 heteroatoms. The van der Waals surface area contributed by atoms with Crippen LogP contribution in [0.3, 0.4) is 0 Å². The van der Waals surface area contributed by atoms with Crippen LogP contribution in [0.1, 0.15) is 27.0 Å². The molecule has 4 rings (SSSR count). The van der Waals surface area contributed by atoms with Crippen LogP contribution in [-0.4, -0.2) is 16.7 Å². The summed E-state index contributed by atoms with van der Waals surface area (Å²) < 4.78 is 54.5. The maximum absolute atomic E-state index is 14.1. The van der Waals surface area contributed by atoms with Crippen LogP contribution in [0.15, 0.2) is 84.1 Å². The first-order chi connectivity index (χ1) is 15.3. The second kappa shape index (κ2) is 8.66. The Bertz CT molecular complexity index is 1310. The van der Waals surface area contributed by atoms with E-state index in [0.29, 0.717) is 17.7 Å². The van der Waals surface area contributed by atoms with Crippen LogP contribution in [0.25, 0.3) is 10.9 Å². The highest BCUT2D eigenvalue weighted by atomic mass is 19.4. The summed E-state index contributed by atoms with van der Waals surface area (Å²) in [6, 6.07) is 18.0. The molecule has 4 aromatic rings. The summed E-state index contributed by atoms with van der Waals surface area (Å²) in [5, 5.41) is 4.74. The van der Waals surface area contributed by atoms with E-state index in [-0.39, 0.29) is 11.4 Å². The number of rotatable bonds is 5. The highest BCUT2D eigenvalue weighted by molar-refractivity contribution is 6.00. The fourth-order valence-corrected chi connectivity index (χ4v) is 3.38. The molecule has 162 valence electrons. The predicted molar refractivity (Wildman–Crippen MR) is 114 cm³/mol. The molecule has 1 amide bonds. The molecule has 0 saturated heterocycles. The van der Waals surface area contributed by atoms with E-state index in [2.05, 4.69) is 10.5 Å². The highest BCUT2D eigenvalue weighted by Crippen LogP contribution is 2.29. The molecule has 0 aliphatic heterocycles. The minimum Gasteiger partial charge on any atom is -0.342 e. The monoisotopic (exact) mass is 439 g/mol. The largest absolute Gasteiger partial charge is 0.416 e. The number of nitrogens with one attached hydrogen (secondary N) is 1. The first-order valence-electron chi connectivity index (χ1n) is 9.65. The summed E-state index contributed by atoms with van der Waals surface area (Å²) >= 11 is 0. The number of amides is 1. The van der Waals surface area contributed by atoms with E-state index in [1.54, 1.807) is 24.4 Å². The number of hydrogen-bond acceptors (Lipinski definition) is 2. The zero-order chi connectivity index (χ0) is 22.7. The molecule has 3 aromatic carbocycles.